The van der Waals surface area contributed by atoms with Crippen LogP contribution >= 0.6 is 22.9 Å². The molecule has 0 aliphatic heterocycles. The number of hydrogen-bond acceptors (Lipinski definition) is 3. The zero-order valence-corrected chi connectivity index (χ0v) is 15.5. The average molecular weight is 373 g/mol. The fourth-order valence-electron chi connectivity index (χ4n) is 2.58. The summed E-state index contributed by atoms with van der Waals surface area (Å²) in [6, 6.07) is 10.7. The first-order valence-corrected chi connectivity index (χ1v) is 8.87. The summed E-state index contributed by atoms with van der Waals surface area (Å²) in [6.07, 6.45) is 1.78. The lowest BCUT2D eigenvalue weighted by Gasteiger charge is -2.05. The third-order valence-corrected chi connectivity index (χ3v) is 5.33. The number of methoxy groups -OCH3 is 1. The Labute approximate surface area is 154 Å². The van der Waals surface area contributed by atoms with Crippen molar-refractivity contribution in [3.05, 3.63) is 70.0 Å². The molecule has 6 heteroatoms. The van der Waals surface area contributed by atoms with E-state index in [1.54, 1.807) is 37.5 Å². The predicted molar refractivity (Wildman–Crippen MR) is 103 cm³/mol. The van der Waals surface area contributed by atoms with E-state index < -0.39 is 0 Å². The summed E-state index contributed by atoms with van der Waals surface area (Å²) >= 11 is 7.72. The first-order valence-electron chi connectivity index (χ1n) is 7.67. The van der Waals surface area contributed by atoms with E-state index >= 15 is 0 Å². The second-order valence-electron chi connectivity index (χ2n) is 5.45. The molecule has 1 heterocycles. The first kappa shape index (κ1) is 17.5. The maximum absolute atomic E-state index is 12.5. The maximum Gasteiger partial charge on any atom is 0.279 e. The highest BCUT2D eigenvalue weighted by molar-refractivity contribution is 7.16. The van der Waals surface area contributed by atoms with E-state index in [0.29, 0.717) is 27.7 Å². The van der Waals surface area contributed by atoms with Crippen molar-refractivity contribution in [1.82, 2.24) is 4.57 Å². The lowest BCUT2D eigenvalue weighted by Crippen LogP contribution is -2.16. The number of allylic oxidation sites excluding steroid dienone is 1. The van der Waals surface area contributed by atoms with Gasteiger partial charge in [-0.2, -0.15) is 4.99 Å². The van der Waals surface area contributed by atoms with E-state index in [9.17, 15) is 4.79 Å². The van der Waals surface area contributed by atoms with E-state index in [-0.39, 0.29) is 5.91 Å². The van der Waals surface area contributed by atoms with Crippen LogP contribution in [-0.4, -0.2) is 17.6 Å². The number of benzene rings is 2. The molecule has 0 atom stereocenters. The second kappa shape index (κ2) is 7.25. The van der Waals surface area contributed by atoms with Gasteiger partial charge in [0.1, 0.15) is 5.75 Å². The molecular formula is C19H17ClN2O2S. The molecule has 25 heavy (non-hydrogen) atoms. The summed E-state index contributed by atoms with van der Waals surface area (Å²) in [7, 11) is 1.59. The molecule has 0 aliphatic rings. The number of ether oxygens (including phenoxy) is 1. The molecule has 4 nitrogen and oxygen atoms in total. The fraction of sp³-hybridized carbons (Fsp3) is 0.158. The molecule has 1 aromatic heterocycles. The van der Waals surface area contributed by atoms with E-state index in [2.05, 4.69) is 11.6 Å². The normalized spacial score (nSPS) is 11.7. The Morgan fingerprint density at radius 3 is 2.68 bits per heavy atom. The summed E-state index contributed by atoms with van der Waals surface area (Å²) in [5.74, 6) is 0.404. The monoisotopic (exact) mass is 372 g/mol. The molecule has 0 radical (unpaired) electrons. The minimum absolute atomic E-state index is 0.296. The van der Waals surface area contributed by atoms with Crippen molar-refractivity contribution in [3.63, 3.8) is 0 Å². The zero-order chi connectivity index (χ0) is 18.0. The number of thiazole rings is 1. The predicted octanol–water partition coefficient (Wildman–Crippen LogP) is 4.60. The van der Waals surface area contributed by atoms with E-state index in [4.69, 9.17) is 16.3 Å². The van der Waals surface area contributed by atoms with Crippen molar-refractivity contribution in [2.24, 2.45) is 4.99 Å². The molecule has 0 saturated carbocycles. The molecule has 0 aliphatic carbocycles. The number of fused-ring (bicyclic) bond motifs is 1. The molecule has 0 N–H and O–H groups in total. The van der Waals surface area contributed by atoms with Crippen molar-refractivity contribution >= 4 is 39.1 Å². The largest absolute Gasteiger partial charge is 0.497 e. The molecule has 2 aromatic carbocycles. The first-order chi connectivity index (χ1) is 12.0. The average Bonchev–Trinajstić information content (AvgIpc) is 2.96. The lowest BCUT2D eigenvalue weighted by molar-refractivity contribution is 0.0998. The van der Waals surface area contributed by atoms with Gasteiger partial charge in [-0.25, -0.2) is 0 Å². The number of halogens is 1. The van der Waals surface area contributed by atoms with Crippen molar-refractivity contribution < 1.29 is 9.53 Å². The Morgan fingerprint density at radius 1 is 1.32 bits per heavy atom. The number of hydrogen-bond donors (Lipinski definition) is 0. The molecular weight excluding hydrogens is 356 g/mol. The number of carbonyl (C=O) groups excluding carboxylic acids is 1. The maximum atomic E-state index is 12.5. The minimum Gasteiger partial charge on any atom is -0.497 e. The number of rotatable bonds is 4. The number of aromatic nitrogens is 1. The molecule has 1 amide bonds. The highest BCUT2D eigenvalue weighted by Gasteiger charge is 2.12. The molecule has 128 valence electrons. The van der Waals surface area contributed by atoms with Crippen molar-refractivity contribution in [1.29, 1.82) is 0 Å². The summed E-state index contributed by atoms with van der Waals surface area (Å²) in [5, 5.41) is 0.691. The van der Waals surface area contributed by atoms with Crippen LogP contribution in [0.25, 0.3) is 10.2 Å². The summed E-state index contributed by atoms with van der Waals surface area (Å²) in [6.45, 7) is 6.32. The van der Waals surface area contributed by atoms with Crippen LogP contribution in [0.2, 0.25) is 5.02 Å². The number of carbonyl (C=O) groups is 1. The van der Waals surface area contributed by atoms with E-state index in [1.165, 1.54) is 11.3 Å². The van der Waals surface area contributed by atoms with Crippen molar-refractivity contribution in [2.45, 2.75) is 13.5 Å². The third-order valence-electron chi connectivity index (χ3n) is 3.88. The van der Waals surface area contributed by atoms with Gasteiger partial charge in [0.05, 0.1) is 17.3 Å². The number of aryl methyl sites for hydroxylation is 1. The standard InChI is InChI=1S/C19H17ClN2O2S/c1-4-11-22-17-12(2)15(20)9-10-16(17)25-19(22)21-18(23)13-5-7-14(24-3)8-6-13/h4-10H,1,11H2,2-3H3. The van der Waals surface area contributed by atoms with Gasteiger partial charge < -0.3 is 9.30 Å². The molecule has 0 spiro atoms. The summed E-state index contributed by atoms with van der Waals surface area (Å²) < 4.78 is 8.12. The van der Waals surface area contributed by atoms with E-state index in [1.807, 2.05) is 23.6 Å². The zero-order valence-electron chi connectivity index (χ0n) is 14.0. The van der Waals surface area contributed by atoms with Crippen LogP contribution in [0.5, 0.6) is 5.75 Å². The van der Waals surface area contributed by atoms with Gasteiger partial charge >= 0.3 is 0 Å². The summed E-state index contributed by atoms with van der Waals surface area (Å²) in [5.41, 5.74) is 2.47. The Morgan fingerprint density at radius 2 is 2.04 bits per heavy atom. The van der Waals surface area contributed by atoms with Gasteiger partial charge in [0.15, 0.2) is 4.80 Å². The molecule has 0 fully saturated rings. The van der Waals surface area contributed by atoms with Gasteiger partial charge in [0.2, 0.25) is 0 Å². The van der Waals surface area contributed by atoms with Crippen LogP contribution in [0.4, 0.5) is 0 Å². The van der Waals surface area contributed by atoms with Gasteiger partial charge in [0, 0.05) is 17.1 Å². The van der Waals surface area contributed by atoms with Crippen LogP contribution in [-0.2, 0) is 6.54 Å². The van der Waals surface area contributed by atoms with Crippen molar-refractivity contribution in [3.8, 4) is 5.75 Å². The van der Waals surface area contributed by atoms with Gasteiger partial charge in [-0.05, 0) is 48.9 Å². The van der Waals surface area contributed by atoms with Gasteiger partial charge in [0.25, 0.3) is 5.91 Å². The number of amides is 1. The van der Waals surface area contributed by atoms with Gasteiger partial charge in [-0.15, -0.1) is 6.58 Å². The Hall–Kier alpha value is -2.37. The highest BCUT2D eigenvalue weighted by Crippen LogP contribution is 2.27. The van der Waals surface area contributed by atoms with Crippen LogP contribution in [0.3, 0.4) is 0 Å². The highest BCUT2D eigenvalue weighted by atomic mass is 35.5. The summed E-state index contributed by atoms with van der Waals surface area (Å²) in [4.78, 5) is 17.5. The molecule has 0 unspecified atom stereocenters. The Kier molecular flexibility index (Phi) is 5.06. The second-order valence-corrected chi connectivity index (χ2v) is 6.86. The lowest BCUT2D eigenvalue weighted by atomic mass is 10.2. The SMILES string of the molecule is C=CCn1c(=NC(=O)c2ccc(OC)cc2)sc2ccc(Cl)c(C)c21. The topological polar surface area (TPSA) is 43.6 Å². The third kappa shape index (κ3) is 3.38. The van der Waals surface area contributed by atoms with E-state index in [0.717, 1.165) is 15.8 Å². The van der Waals surface area contributed by atoms with Gasteiger partial charge in [-0.1, -0.05) is 29.0 Å². The minimum atomic E-state index is -0.296. The molecule has 3 rings (SSSR count). The van der Waals surface area contributed by atoms with Crippen LogP contribution in [0, 0.1) is 6.92 Å². The van der Waals surface area contributed by atoms with Crippen LogP contribution in [0.1, 0.15) is 15.9 Å². The molecule has 0 saturated heterocycles. The van der Waals surface area contributed by atoms with Gasteiger partial charge in [-0.3, -0.25) is 4.79 Å². The quantitative estimate of drug-likeness (QED) is 0.628. The molecule has 0 bridgehead atoms. The molecule has 3 aromatic rings. The van der Waals surface area contributed by atoms with Crippen LogP contribution in [0.15, 0.2) is 54.0 Å². The fourth-order valence-corrected chi connectivity index (χ4v) is 3.83. The Balaban J connectivity index is 2.14. The van der Waals surface area contributed by atoms with Crippen molar-refractivity contribution in [2.75, 3.05) is 7.11 Å². The van der Waals surface area contributed by atoms with Crippen LogP contribution < -0.4 is 9.54 Å². The smallest absolute Gasteiger partial charge is 0.279 e. The Bertz CT molecular complexity index is 1020. The number of nitrogens with zero attached hydrogens (tertiary/aromatic N) is 2.